The van der Waals surface area contributed by atoms with Crippen molar-refractivity contribution in [3.05, 3.63) is 72.4 Å². The maximum absolute atomic E-state index is 13.0. The van der Waals surface area contributed by atoms with Crippen LogP contribution >= 0.6 is 0 Å². The second-order valence-corrected chi connectivity index (χ2v) is 7.41. The van der Waals surface area contributed by atoms with Crippen LogP contribution in [0.15, 0.2) is 61.3 Å². The molecule has 2 aliphatic rings. The van der Waals surface area contributed by atoms with Gasteiger partial charge in [-0.3, -0.25) is 14.6 Å². The number of rotatable bonds is 3. The van der Waals surface area contributed by atoms with Gasteiger partial charge in [0.1, 0.15) is 0 Å². The summed E-state index contributed by atoms with van der Waals surface area (Å²) in [5.74, 6) is 0.129. The van der Waals surface area contributed by atoms with Crippen molar-refractivity contribution in [2.75, 3.05) is 26.2 Å². The van der Waals surface area contributed by atoms with Gasteiger partial charge in [0.25, 0.3) is 5.91 Å². The van der Waals surface area contributed by atoms with Gasteiger partial charge in [0, 0.05) is 49.7 Å². The number of piperazine rings is 1. The quantitative estimate of drug-likeness (QED) is 0.691. The number of hydrogen-bond acceptors (Lipinski definition) is 4. The highest BCUT2D eigenvalue weighted by Crippen LogP contribution is 2.40. The van der Waals surface area contributed by atoms with Crippen LogP contribution in [0.4, 0.5) is 0 Å². The van der Waals surface area contributed by atoms with Crippen LogP contribution in [0.1, 0.15) is 28.4 Å². The summed E-state index contributed by atoms with van der Waals surface area (Å²) in [6.45, 7) is 2.23. The molecule has 0 spiro atoms. The number of pyridine rings is 1. The lowest BCUT2D eigenvalue weighted by molar-refractivity contribution is -0.133. The Morgan fingerprint density at radius 3 is 2.48 bits per heavy atom. The van der Waals surface area contributed by atoms with E-state index in [0.717, 1.165) is 16.8 Å². The Labute approximate surface area is 168 Å². The molecular formula is C22H21N5O2. The summed E-state index contributed by atoms with van der Waals surface area (Å²) >= 11 is 0. The van der Waals surface area contributed by atoms with E-state index in [0.29, 0.717) is 38.2 Å². The van der Waals surface area contributed by atoms with E-state index in [1.807, 2.05) is 58.6 Å². The summed E-state index contributed by atoms with van der Waals surface area (Å²) < 4.78 is 2.05. The maximum Gasteiger partial charge on any atom is 0.253 e. The van der Waals surface area contributed by atoms with Crippen LogP contribution < -0.4 is 0 Å². The molecule has 4 heterocycles. The zero-order chi connectivity index (χ0) is 19.8. The van der Waals surface area contributed by atoms with Gasteiger partial charge in [-0.25, -0.2) is 4.98 Å². The van der Waals surface area contributed by atoms with Gasteiger partial charge in [0.2, 0.25) is 5.91 Å². The number of hydrogen-bond donors (Lipinski definition) is 0. The van der Waals surface area contributed by atoms with Crippen molar-refractivity contribution in [3.8, 4) is 11.3 Å². The maximum atomic E-state index is 13.0. The molecule has 2 aliphatic heterocycles. The highest BCUT2D eigenvalue weighted by molar-refractivity contribution is 5.94. The monoisotopic (exact) mass is 387 g/mol. The summed E-state index contributed by atoms with van der Waals surface area (Å²) in [5.41, 5.74) is 3.85. The number of imidazole rings is 1. The van der Waals surface area contributed by atoms with Gasteiger partial charge in [-0.2, -0.15) is 0 Å². The van der Waals surface area contributed by atoms with Crippen LogP contribution in [0.5, 0.6) is 0 Å². The predicted octanol–water partition coefficient (Wildman–Crippen LogP) is 2.22. The van der Waals surface area contributed by atoms with Gasteiger partial charge >= 0.3 is 0 Å². The summed E-state index contributed by atoms with van der Waals surface area (Å²) in [5, 5.41) is 0. The van der Waals surface area contributed by atoms with Crippen molar-refractivity contribution in [2.45, 2.75) is 12.5 Å². The smallest absolute Gasteiger partial charge is 0.253 e. The number of fused-ring (bicyclic) bond motifs is 3. The Kier molecular flexibility index (Phi) is 4.35. The minimum atomic E-state index is -0.0537. The number of benzene rings is 1. The van der Waals surface area contributed by atoms with Gasteiger partial charge in [0.15, 0.2) is 0 Å². The Hall–Kier alpha value is -3.48. The molecule has 29 heavy (non-hydrogen) atoms. The van der Waals surface area contributed by atoms with E-state index in [1.165, 1.54) is 0 Å². The van der Waals surface area contributed by atoms with E-state index >= 15 is 0 Å². The first kappa shape index (κ1) is 17.6. The molecule has 0 bridgehead atoms. The Balaban J connectivity index is 1.25. The molecule has 0 aliphatic carbocycles. The first-order valence-corrected chi connectivity index (χ1v) is 9.80. The SMILES string of the molecule is O=C(CC1c2ccncc2-c2cncn21)N1CCN(C(=O)c2ccccc2)CC1. The van der Waals surface area contributed by atoms with E-state index in [1.54, 1.807) is 12.5 Å². The Morgan fingerprint density at radius 1 is 0.931 bits per heavy atom. The van der Waals surface area contributed by atoms with E-state index in [4.69, 9.17) is 0 Å². The molecule has 5 rings (SSSR count). The lowest BCUT2D eigenvalue weighted by Gasteiger charge is -2.35. The lowest BCUT2D eigenvalue weighted by atomic mass is 10.0. The van der Waals surface area contributed by atoms with Gasteiger partial charge in [-0.15, -0.1) is 0 Å². The number of aromatic nitrogens is 3. The molecule has 146 valence electrons. The fourth-order valence-electron chi connectivity index (χ4n) is 4.25. The Bertz CT molecular complexity index is 1050. The standard InChI is InChI=1S/C22H21N5O2/c28-21(12-19-17-6-7-23-13-18(17)20-14-24-15-27(19)20)25-8-10-26(11-9-25)22(29)16-4-2-1-3-5-16/h1-7,13-15,19H,8-12H2. The number of nitrogens with zero attached hydrogens (tertiary/aromatic N) is 5. The Morgan fingerprint density at radius 2 is 1.69 bits per heavy atom. The molecule has 1 atom stereocenters. The van der Waals surface area contributed by atoms with Crippen LogP contribution in [0.3, 0.4) is 0 Å². The average Bonchev–Trinajstić information content (AvgIpc) is 3.37. The summed E-state index contributed by atoms with van der Waals surface area (Å²) in [6, 6.07) is 11.2. The number of amides is 2. The molecule has 0 saturated carbocycles. The highest BCUT2D eigenvalue weighted by Gasteiger charge is 2.32. The van der Waals surface area contributed by atoms with Crippen LogP contribution in [-0.2, 0) is 4.79 Å². The molecule has 0 radical (unpaired) electrons. The summed E-state index contributed by atoms with van der Waals surface area (Å²) in [4.78, 5) is 37.8. The third-order valence-corrected chi connectivity index (χ3v) is 5.80. The molecule has 7 nitrogen and oxygen atoms in total. The lowest BCUT2D eigenvalue weighted by Crippen LogP contribution is -2.50. The minimum Gasteiger partial charge on any atom is -0.339 e. The molecule has 1 aromatic carbocycles. The van der Waals surface area contributed by atoms with Crippen LogP contribution in [0, 0.1) is 0 Å². The second-order valence-electron chi connectivity index (χ2n) is 7.41. The van der Waals surface area contributed by atoms with Gasteiger partial charge in [-0.05, 0) is 23.8 Å². The minimum absolute atomic E-state index is 0.0259. The van der Waals surface area contributed by atoms with Crippen molar-refractivity contribution in [2.24, 2.45) is 0 Å². The van der Waals surface area contributed by atoms with Crippen molar-refractivity contribution in [1.29, 1.82) is 0 Å². The fourth-order valence-corrected chi connectivity index (χ4v) is 4.25. The molecule has 7 heteroatoms. The third kappa shape index (κ3) is 3.08. The van der Waals surface area contributed by atoms with Crippen molar-refractivity contribution >= 4 is 11.8 Å². The zero-order valence-corrected chi connectivity index (χ0v) is 15.9. The van der Waals surface area contributed by atoms with Crippen LogP contribution in [0.2, 0.25) is 0 Å². The second kappa shape index (κ2) is 7.16. The van der Waals surface area contributed by atoms with E-state index in [-0.39, 0.29) is 17.9 Å². The van der Waals surface area contributed by atoms with Crippen molar-refractivity contribution < 1.29 is 9.59 Å². The predicted molar refractivity (Wildman–Crippen MR) is 107 cm³/mol. The molecule has 1 fully saturated rings. The normalized spacial score (nSPS) is 17.7. The van der Waals surface area contributed by atoms with Gasteiger partial charge in [0.05, 0.1) is 30.7 Å². The summed E-state index contributed by atoms with van der Waals surface area (Å²) in [6.07, 6.45) is 7.58. The first-order valence-electron chi connectivity index (χ1n) is 9.80. The molecule has 2 aromatic heterocycles. The van der Waals surface area contributed by atoms with E-state index in [9.17, 15) is 9.59 Å². The average molecular weight is 387 g/mol. The summed E-state index contributed by atoms with van der Waals surface area (Å²) in [7, 11) is 0. The van der Waals surface area contributed by atoms with Crippen molar-refractivity contribution in [3.63, 3.8) is 0 Å². The van der Waals surface area contributed by atoms with Gasteiger partial charge < -0.3 is 14.4 Å². The molecule has 3 aromatic rings. The number of carbonyl (C=O) groups excluding carboxylic acids is 2. The van der Waals surface area contributed by atoms with Crippen molar-refractivity contribution in [1.82, 2.24) is 24.3 Å². The largest absolute Gasteiger partial charge is 0.339 e. The molecule has 0 N–H and O–H groups in total. The first-order chi connectivity index (χ1) is 14.2. The molecular weight excluding hydrogens is 366 g/mol. The topological polar surface area (TPSA) is 71.3 Å². The molecule has 1 saturated heterocycles. The van der Waals surface area contributed by atoms with Gasteiger partial charge in [-0.1, -0.05) is 18.2 Å². The van der Waals surface area contributed by atoms with E-state index in [2.05, 4.69) is 14.5 Å². The van der Waals surface area contributed by atoms with Crippen LogP contribution in [0.25, 0.3) is 11.3 Å². The molecule has 2 amide bonds. The fraction of sp³-hybridized carbons (Fsp3) is 0.273. The number of carbonyl (C=O) groups is 2. The highest BCUT2D eigenvalue weighted by atomic mass is 16.2. The zero-order valence-electron chi connectivity index (χ0n) is 15.9. The van der Waals surface area contributed by atoms with Crippen LogP contribution in [-0.4, -0.2) is 62.3 Å². The molecule has 1 unspecified atom stereocenters. The van der Waals surface area contributed by atoms with E-state index < -0.39 is 0 Å². The third-order valence-electron chi connectivity index (χ3n) is 5.80.